The van der Waals surface area contributed by atoms with Crippen LogP contribution in [0.4, 0.5) is 0 Å². The second kappa shape index (κ2) is 10.2. The van der Waals surface area contributed by atoms with Crippen LogP contribution in [0, 0.1) is 22.7 Å². The zero-order chi connectivity index (χ0) is 32.6. The van der Waals surface area contributed by atoms with E-state index in [9.17, 15) is 10.5 Å². The summed E-state index contributed by atoms with van der Waals surface area (Å²) in [7, 11) is 0. The number of hydrogen-bond acceptors (Lipinski definition) is 3. The van der Waals surface area contributed by atoms with Crippen LogP contribution in [0.1, 0.15) is 11.1 Å². The summed E-state index contributed by atoms with van der Waals surface area (Å²) in [5.41, 5.74) is 10.1. The Morgan fingerprint density at radius 1 is 0.469 bits per heavy atom. The van der Waals surface area contributed by atoms with Gasteiger partial charge in [0.25, 0.3) is 0 Å². The molecule has 0 fully saturated rings. The molecule has 0 spiro atoms. The Bertz CT molecular complexity index is 3030. The number of aromatic nitrogens is 2. The summed E-state index contributed by atoms with van der Waals surface area (Å²) in [6.07, 6.45) is 0. The van der Waals surface area contributed by atoms with E-state index in [2.05, 4.69) is 106 Å². The van der Waals surface area contributed by atoms with Gasteiger partial charge in [-0.2, -0.15) is 10.5 Å². The molecular weight excluding hydrogens is 601 g/mol. The van der Waals surface area contributed by atoms with Gasteiger partial charge in [-0.3, -0.25) is 0 Å². The Balaban J connectivity index is 1.35. The monoisotopic (exact) mass is 624 g/mol. The van der Waals surface area contributed by atoms with Gasteiger partial charge >= 0.3 is 0 Å². The standard InChI is InChI=1S/C44H24N4O/c45-25-27-20-21-34(42-28(26-46)10-9-18-38(42)47-35-15-5-1-11-29(35)30-12-2-6-16-36(30)47)40(24-27)48-37-17-7-3-14-33(37)43-39(48)23-22-32-31-13-4-8-19-41(31)49-44(32)43/h1-24H. The van der Waals surface area contributed by atoms with Crippen molar-refractivity contribution in [3.05, 3.63) is 157 Å². The average Bonchev–Trinajstić information content (AvgIpc) is 3.82. The first kappa shape index (κ1) is 27.1. The van der Waals surface area contributed by atoms with Crippen molar-refractivity contribution in [3.63, 3.8) is 0 Å². The highest BCUT2D eigenvalue weighted by molar-refractivity contribution is 6.24. The molecule has 10 aromatic rings. The van der Waals surface area contributed by atoms with Crippen LogP contribution in [0.5, 0.6) is 0 Å². The molecule has 0 amide bonds. The smallest absolute Gasteiger partial charge is 0.145 e. The number of nitrogens with zero attached hydrogens (tertiary/aromatic N) is 4. The number of nitriles is 2. The van der Waals surface area contributed by atoms with E-state index in [-0.39, 0.29) is 0 Å². The SMILES string of the molecule is N#Cc1ccc(-c2c(C#N)cccc2-n2c3ccccc3c3ccccc32)c(-n2c3ccccc3c3c4oc5ccccc5c4ccc32)c1. The molecule has 49 heavy (non-hydrogen) atoms. The van der Waals surface area contributed by atoms with E-state index in [1.807, 2.05) is 60.7 Å². The third-order valence-corrected chi connectivity index (χ3v) is 9.80. The lowest BCUT2D eigenvalue weighted by Gasteiger charge is -2.20. The first-order chi connectivity index (χ1) is 24.2. The quantitative estimate of drug-likeness (QED) is 0.196. The van der Waals surface area contributed by atoms with Crippen molar-refractivity contribution >= 4 is 65.6 Å². The molecule has 0 aliphatic heterocycles. The van der Waals surface area contributed by atoms with Crippen LogP contribution in [-0.2, 0) is 0 Å². The normalized spacial score (nSPS) is 11.6. The third-order valence-electron chi connectivity index (χ3n) is 9.80. The van der Waals surface area contributed by atoms with Gasteiger partial charge in [-0.15, -0.1) is 0 Å². The number of benzene rings is 7. The van der Waals surface area contributed by atoms with Gasteiger partial charge in [0, 0.05) is 38.1 Å². The summed E-state index contributed by atoms with van der Waals surface area (Å²) >= 11 is 0. The van der Waals surface area contributed by atoms with E-state index in [1.54, 1.807) is 0 Å². The van der Waals surface area contributed by atoms with Crippen LogP contribution in [0.15, 0.2) is 150 Å². The zero-order valence-electron chi connectivity index (χ0n) is 26.1. The predicted molar refractivity (Wildman–Crippen MR) is 197 cm³/mol. The van der Waals surface area contributed by atoms with Crippen LogP contribution in [0.2, 0.25) is 0 Å². The molecule has 7 aromatic carbocycles. The molecule has 3 aromatic heterocycles. The molecule has 0 unspecified atom stereocenters. The lowest BCUT2D eigenvalue weighted by Crippen LogP contribution is -2.03. The molecular formula is C44H24N4O. The van der Waals surface area contributed by atoms with Crippen LogP contribution < -0.4 is 0 Å². The Hall–Kier alpha value is -7.08. The molecule has 5 nitrogen and oxygen atoms in total. The summed E-state index contributed by atoms with van der Waals surface area (Å²) in [5, 5.41) is 27.3. The van der Waals surface area contributed by atoms with E-state index >= 15 is 0 Å². The Morgan fingerprint density at radius 2 is 1.10 bits per heavy atom. The molecule has 5 heteroatoms. The zero-order valence-corrected chi connectivity index (χ0v) is 26.1. The van der Waals surface area contributed by atoms with E-state index in [0.717, 1.165) is 88.1 Å². The lowest BCUT2D eigenvalue weighted by molar-refractivity contribution is 0.673. The van der Waals surface area contributed by atoms with E-state index in [0.29, 0.717) is 11.1 Å². The summed E-state index contributed by atoms with van der Waals surface area (Å²) in [6, 6.07) is 54.0. The van der Waals surface area contributed by atoms with Gasteiger partial charge in [-0.1, -0.05) is 84.9 Å². The fraction of sp³-hybridized carbons (Fsp3) is 0. The molecule has 0 aliphatic rings. The minimum Gasteiger partial charge on any atom is -0.455 e. The minimum atomic E-state index is 0.530. The number of rotatable bonds is 3. The number of hydrogen-bond donors (Lipinski definition) is 0. The second-order valence-corrected chi connectivity index (χ2v) is 12.3. The van der Waals surface area contributed by atoms with Gasteiger partial charge in [0.1, 0.15) is 11.2 Å². The Labute approximate surface area is 280 Å². The molecule has 10 rings (SSSR count). The molecule has 226 valence electrons. The largest absolute Gasteiger partial charge is 0.455 e. The molecule has 0 N–H and O–H groups in total. The Kier molecular flexibility index (Phi) is 5.64. The molecule has 0 aliphatic carbocycles. The van der Waals surface area contributed by atoms with Gasteiger partial charge in [0.2, 0.25) is 0 Å². The van der Waals surface area contributed by atoms with Crippen LogP contribution in [0.25, 0.3) is 88.1 Å². The predicted octanol–water partition coefficient (Wildman–Crippen LogP) is 11.2. The van der Waals surface area contributed by atoms with Crippen molar-refractivity contribution in [2.75, 3.05) is 0 Å². The van der Waals surface area contributed by atoms with Gasteiger partial charge in [-0.25, -0.2) is 0 Å². The van der Waals surface area contributed by atoms with Gasteiger partial charge in [-0.05, 0) is 60.7 Å². The highest BCUT2D eigenvalue weighted by Gasteiger charge is 2.24. The molecule has 0 atom stereocenters. The summed E-state index contributed by atoms with van der Waals surface area (Å²) < 4.78 is 11.0. The highest BCUT2D eigenvalue weighted by Crippen LogP contribution is 2.44. The Morgan fingerprint density at radius 3 is 1.82 bits per heavy atom. The van der Waals surface area contributed by atoms with E-state index in [1.165, 1.54) is 0 Å². The number of para-hydroxylation sites is 4. The summed E-state index contributed by atoms with van der Waals surface area (Å²) in [4.78, 5) is 0. The number of fused-ring (bicyclic) bond motifs is 10. The van der Waals surface area contributed by atoms with Crippen molar-refractivity contribution in [2.24, 2.45) is 0 Å². The van der Waals surface area contributed by atoms with Crippen LogP contribution in [-0.4, -0.2) is 9.13 Å². The van der Waals surface area contributed by atoms with Crippen molar-refractivity contribution in [2.45, 2.75) is 0 Å². The maximum absolute atomic E-state index is 10.7. The van der Waals surface area contributed by atoms with Gasteiger partial charge in [0.15, 0.2) is 0 Å². The second-order valence-electron chi connectivity index (χ2n) is 12.3. The maximum atomic E-state index is 10.7. The fourth-order valence-electron chi connectivity index (χ4n) is 7.78. The van der Waals surface area contributed by atoms with Crippen molar-refractivity contribution in [1.29, 1.82) is 10.5 Å². The van der Waals surface area contributed by atoms with Crippen LogP contribution >= 0.6 is 0 Å². The molecule has 0 bridgehead atoms. The molecule has 0 saturated heterocycles. The van der Waals surface area contributed by atoms with Gasteiger partial charge in [0.05, 0.1) is 62.1 Å². The first-order valence-electron chi connectivity index (χ1n) is 16.1. The van der Waals surface area contributed by atoms with Crippen molar-refractivity contribution in [3.8, 4) is 34.6 Å². The minimum absolute atomic E-state index is 0.530. The van der Waals surface area contributed by atoms with Crippen molar-refractivity contribution < 1.29 is 4.42 Å². The summed E-state index contributed by atoms with van der Waals surface area (Å²) in [6.45, 7) is 0. The highest BCUT2D eigenvalue weighted by atomic mass is 16.3. The molecule has 0 radical (unpaired) electrons. The topological polar surface area (TPSA) is 70.6 Å². The summed E-state index contributed by atoms with van der Waals surface area (Å²) in [5.74, 6) is 0. The first-order valence-corrected chi connectivity index (χ1v) is 16.1. The van der Waals surface area contributed by atoms with E-state index in [4.69, 9.17) is 4.42 Å². The maximum Gasteiger partial charge on any atom is 0.145 e. The van der Waals surface area contributed by atoms with E-state index < -0.39 is 0 Å². The lowest BCUT2D eigenvalue weighted by atomic mass is 9.95. The molecule has 0 saturated carbocycles. The fourth-order valence-corrected chi connectivity index (χ4v) is 7.78. The average molecular weight is 625 g/mol. The number of furan rings is 1. The van der Waals surface area contributed by atoms with Gasteiger partial charge < -0.3 is 13.6 Å². The van der Waals surface area contributed by atoms with Crippen molar-refractivity contribution in [1.82, 2.24) is 9.13 Å². The molecule has 3 heterocycles. The van der Waals surface area contributed by atoms with Crippen LogP contribution in [0.3, 0.4) is 0 Å². The third kappa shape index (κ3) is 3.73.